The summed E-state index contributed by atoms with van der Waals surface area (Å²) in [5.74, 6) is 0.433. The molecule has 7 heteroatoms. The van der Waals surface area contributed by atoms with Gasteiger partial charge in [0.05, 0.1) is 23.6 Å². The number of anilines is 4. The Kier molecular flexibility index (Phi) is 5.49. The van der Waals surface area contributed by atoms with Crippen LogP contribution in [0.3, 0.4) is 0 Å². The molecule has 0 saturated heterocycles. The fraction of sp³-hybridized carbons (Fsp3) is 0.0455. The molecule has 4 aromatic rings. The van der Waals surface area contributed by atoms with Gasteiger partial charge in [-0.2, -0.15) is 11.3 Å². The summed E-state index contributed by atoms with van der Waals surface area (Å²) < 4.78 is 0. The zero-order valence-corrected chi connectivity index (χ0v) is 16.3. The number of carbonyl (C=O) groups is 1. The molecule has 0 spiro atoms. The Morgan fingerprint density at radius 2 is 1.76 bits per heavy atom. The number of nitrogen functional groups attached to an aromatic ring is 1. The van der Waals surface area contributed by atoms with E-state index in [0.29, 0.717) is 29.4 Å². The first-order chi connectivity index (χ1) is 14.2. The highest BCUT2D eigenvalue weighted by Crippen LogP contribution is 2.26. The second-order valence-electron chi connectivity index (χ2n) is 6.35. The van der Waals surface area contributed by atoms with Gasteiger partial charge in [-0.05, 0) is 47.3 Å². The number of nitrogens with zero attached hydrogens (tertiary/aromatic N) is 3. The number of para-hydroxylation sites is 2. The number of amides is 1. The van der Waals surface area contributed by atoms with Crippen LogP contribution in [-0.4, -0.2) is 15.9 Å². The van der Waals surface area contributed by atoms with E-state index < -0.39 is 0 Å². The van der Waals surface area contributed by atoms with Crippen molar-refractivity contribution in [1.82, 2.24) is 9.97 Å². The second-order valence-corrected chi connectivity index (χ2v) is 7.13. The van der Waals surface area contributed by atoms with Crippen molar-refractivity contribution in [3.8, 4) is 0 Å². The van der Waals surface area contributed by atoms with Crippen molar-refractivity contribution in [2.75, 3.05) is 16.0 Å². The molecule has 3 N–H and O–H groups in total. The van der Waals surface area contributed by atoms with Gasteiger partial charge in [0.2, 0.25) is 5.95 Å². The Hall–Kier alpha value is -3.71. The summed E-state index contributed by atoms with van der Waals surface area (Å²) >= 11 is 1.62. The van der Waals surface area contributed by atoms with Crippen molar-refractivity contribution < 1.29 is 4.79 Å². The number of nitrogens with one attached hydrogen (secondary N) is 1. The van der Waals surface area contributed by atoms with E-state index in [9.17, 15) is 4.79 Å². The van der Waals surface area contributed by atoms with Crippen LogP contribution < -0.4 is 16.0 Å². The Morgan fingerprint density at radius 3 is 2.45 bits per heavy atom. The fourth-order valence-corrected chi connectivity index (χ4v) is 3.51. The van der Waals surface area contributed by atoms with Crippen molar-refractivity contribution in [2.24, 2.45) is 0 Å². The summed E-state index contributed by atoms with van der Waals surface area (Å²) in [6.45, 7) is 0.592. The van der Waals surface area contributed by atoms with Crippen LogP contribution in [0.1, 0.15) is 15.9 Å². The topological polar surface area (TPSA) is 84.1 Å². The first kappa shape index (κ1) is 18.6. The normalized spacial score (nSPS) is 10.5. The second kappa shape index (κ2) is 8.53. The van der Waals surface area contributed by atoms with Crippen molar-refractivity contribution in [3.05, 3.63) is 94.9 Å². The van der Waals surface area contributed by atoms with E-state index in [0.717, 1.165) is 11.3 Å². The molecule has 0 radical (unpaired) electrons. The number of carbonyl (C=O) groups excluding carboxylic acids is 1. The molecule has 0 saturated carbocycles. The van der Waals surface area contributed by atoms with Gasteiger partial charge in [0, 0.05) is 23.3 Å². The molecule has 0 fully saturated rings. The van der Waals surface area contributed by atoms with Crippen molar-refractivity contribution >= 4 is 40.3 Å². The van der Waals surface area contributed by atoms with E-state index in [1.54, 1.807) is 54.1 Å². The molecule has 2 heterocycles. The molecule has 0 unspecified atom stereocenters. The summed E-state index contributed by atoms with van der Waals surface area (Å²) in [7, 11) is 0. The Balaban J connectivity index is 1.51. The van der Waals surface area contributed by atoms with E-state index >= 15 is 0 Å². The van der Waals surface area contributed by atoms with Crippen molar-refractivity contribution in [1.29, 1.82) is 0 Å². The number of benzene rings is 2. The van der Waals surface area contributed by atoms with Crippen LogP contribution in [-0.2, 0) is 6.54 Å². The fourth-order valence-electron chi connectivity index (χ4n) is 2.87. The van der Waals surface area contributed by atoms with Crippen molar-refractivity contribution in [3.63, 3.8) is 0 Å². The smallest absolute Gasteiger partial charge is 0.255 e. The maximum Gasteiger partial charge on any atom is 0.255 e. The van der Waals surface area contributed by atoms with Crippen LogP contribution in [0.25, 0.3) is 0 Å². The highest BCUT2D eigenvalue weighted by atomic mass is 32.1. The minimum Gasteiger partial charge on any atom is -0.397 e. The number of hydrogen-bond acceptors (Lipinski definition) is 6. The molecule has 2 aromatic heterocycles. The van der Waals surface area contributed by atoms with Crippen LogP contribution in [0.15, 0.2) is 83.8 Å². The van der Waals surface area contributed by atoms with E-state index in [2.05, 4.69) is 20.7 Å². The summed E-state index contributed by atoms with van der Waals surface area (Å²) in [6, 6.07) is 18.5. The Labute approximate surface area is 172 Å². The molecule has 0 bridgehead atoms. The largest absolute Gasteiger partial charge is 0.397 e. The van der Waals surface area contributed by atoms with Crippen LogP contribution >= 0.6 is 11.3 Å². The molecule has 0 atom stereocenters. The lowest BCUT2D eigenvalue weighted by Crippen LogP contribution is -2.18. The molecule has 6 nitrogen and oxygen atoms in total. The van der Waals surface area contributed by atoms with E-state index in [4.69, 9.17) is 5.73 Å². The third-order valence-corrected chi connectivity index (χ3v) is 5.05. The van der Waals surface area contributed by atoms with Crippen LogP contribution in [0.5, 0.6) is 0 Å². The van der Waals surface area contributed by atoms with Gasteiger partial charge in [-0.25, -0.2) is 9.97 Å². The summed E-state index contributed by atoms with van der Waals surface area (Å²) in [5.41, 5.74) is 9.67. The maximum atomic E-state index is 12.5. The van der Waals surface area contributed by atoms with Gasteiger partial charge >= 0.3 is 0 Å². The molecule has 1 amide bonds. The van der Waals surface area contributed by atoms with Gasteiger partial charge in [0.1, 0.15) is 0 Å². The molecule has 0 aliphatic carbocycles. The van der Waals surface area contributed by atoms with Gasteiger partial charge in [0.15, 0.2) is 0 Å². The van der Waals surface area contributed by atoms with Gasteiger partial charge in [0.25, 0.3) is 5.91 Å². The highest BCUT2D eigenvalue weighted by Gasteiger charge is 2.14. The molecule has 0 aliphatic rings. The zero-order valence-electron chi connectivity index (χ0n) is 15.5. The molecule has 29 heavy (non-hydrogen) atoms. The maximum absolute atomic E-state index is 12.5. The molecule has 2 aromatic carbocycles. The van der Waals surface area contributed by atoms with Crippen LogP contribution in [0.2, 0.25) is 0 Å². The monoisotopic (exact) mass is 401 g/mol. The predicted molar refractivity (Wildman–Crippen MR) is 117 cm³/mol. The first-order valence-electron chi connectivity index (χ1n) is 9.02. The highest BCUT2D eigenvalue weighted by molar-refractivity contribution is 7.08. The van der Waals surface area contributed by atoms with E-state index in [1.807, 2.05) is 40.6 Å². The predicted octanol–water partition coefficient (Wildman–Crippen LogP) is 4.71. The van der Waals surface area contributed by atoms with Gasteiger partial charge in [-0.3, -0.25) is 4.79 Å². The molecule has 0 aliphatic heterocycles. The summed E-state index contributed by atoms with van der Waals surface area (Å²) in [4.78, 5) is 23.3. The minimum absolute atomic E-state index is 0.199. The minimum atomic E-state index is -0.199. The summed E-state index contributed by atoms with van der Waals surface area (Å²) in [5, 5.41) is 6.92. The number of aromatic nitrogens is 2. The number of thiophene rings is 1. The first-order valence-corrected chi connectivity index (χ1v) is 9.96. The van der Waals surface area contributed by atoms with E-state index in [-0.39, 0.29) is 5.91 Å². The lowest BCUT2D eigenvalue weighted by molar-refractivity contribution is 0.102. The molecule has 4 rings (SSSR count). The lowest BCUT2D eigenvalue weighted by Gasteiger charge is -2.21. The number of nitrogens with two attached hydrogens (primary N) is 1. The Morgan fingerprint density at radius 1 is 1.00 bits per heavy atom. The average molecular weight is 401 g/mol. The number of hydrogen-bond donors (Lipinski definition) is 2. The lowest BCUT2D eigenvalue weighted by atomic mass is 10.1. The van der Waals surface area contributed by atoms with Gasteiger partial charge in [-0.1, -0.05) is 24.3 Å². The van der Waals surface area contributed by atoms with E-state index in [1.165, 1.54) is 0 Å². The summed E-state index contributed by atoms with van der Waals surface area (Å²) in [6.07, 6.45) is 3.45. The van der Waals surface area contributed by atoms with Crippen molar-refractivity contribution in [2.45, 2.75) is 6.54 Å². The third kappa shape index (κ3) is 4.41. The average Bonchev–Trinajstić information content (AvgIpc) is 3.29. The Bertz CT molecular complexity index is 1080. The number of rotatable bonds is 6. The van der Waals surface area contributed by atoms with Crippen LogP contribution in [0, 0.1) is 0 Å². The SMILES string of the molecule is Nc1ccccc1NC(=O)c1ccc(CN(c2ccsc2)c2ncccn2)cc1. The molecular weight excluding hydrogens is 382 g/mol. The third-order valence-electron chi connectivity index (χ3n) is 4.38. The zero-order chi connectivity index (χ0) is 20.1. The molecular formula is C22H19N5OS. The standard InChI is InChI=1S/C22H19N5OS/c23-19-4-1-2-5-20(19)26-21(28)17-8-6-16(7-9-17)14-27(18-10-13-29-15-18)22-24-11-3-12-25-22/h1-13,15H,14,23H2,(H,26,28). The van der Waals surface area contributed by atoms with Gasteiger partial charge in [-0.15, -0.1) is 0 Å². The van der Waals surface area contributed by atoms with Gasteiger partial charge < -0.3 is 16.0 Å². The quantitative estimate of drug-likeness (QED) is 0.457. The van der Waals surface area contributed by atoms with Crippen LogP contribution in [0.4, 0.5) is 23.0 Å². The molecule has 144 valence electrons.